The highest BCUT2D eigenvalue weighted by molar-refractivity contribution is 5.91. The molecule has 0 atom stereocenters. The van der Waals surface area contributed by atoms with Crippen molar-refractivity contribution in [2.24, 2.45) is 5.92 Å². The van der Waals surface area contributed by atoms with E-state index in [1.54, 1.807) is 19.1 Å². The van der Waals surface area contributed by atoms with E-state index in [1.807, 2.05) is 10.9 Å². The first kappa shape index (κ1) is 22.2. The third-order valence-electron chi connectivity index (χ3n) is 6.11. The van der Waals surface area contributed by atoms with Crippen molar-refractivity contribution >= 4 is 22.9 Å². The fourth-order valence-corrected chi connectivity index (χ4v) is 4.39. The highest BCUT2D eigenvalue weighted by Crippen LogP contribution is 2.31. The van der Waals surface area contributed by atoms with Crippen LogP contribution in [0.4, 0.5) is 10.3 Å². The smallest absolute Gasteiger partial charge is 0.224 e. The maximum absolute atomic E-state index is 13.5. The lowest BCUT2D eigenvalue weighted by atomic mass is 9.86. The molecule has 1 fully saturated rings. The number of fused-ring (bicyclic) bond motifs is 1. The van der Waals surface area contributed by atoms with E-state index in [2.05, 4.69) is 22.5 Å². The molecule has 7 nitrogen and oxygen atoms in total. The molecule has 32 heavy (non-hydrogen) atoms. The molecule has 170 valence electrons. The van der Waals surface area contributed by atoms with Crippen LogP contribution in [0.25, 0.3) is 22.3 Å². The van der Waals surface area contributed by atoms with Gasteiger partial charge in [0.15, 0.2) is 5.65 Å². The highest BCUT2D eigenvalue weighted by Gasteiger charge is 2.24. The summed E-state index contributed by atoms with van der Waals surface area (Å²) in [6, 6.07) is 6.65. The number of anilines is 1. The Bertz CT molecular complexity index is 1060. The van der Waals surface area contributed by atoms with Gasteiger partial charge < -0.3 is 10.6 Å². The number of amides is 1. The van der Waals surface area contributed by atoms with Gasteiger partial charge in [0.1, 0.15) is 11.5 Å². The van der Waals surface area contributed by atoms with Crippen LogP contribution in [0, 0.1) is 11.7 Å². The first-order chi connectivity index (χ1) is 15.5. The van der Waals surface area contributed by atoms with E-state index in [0.717, 1.165) is 73.9 Å². The molecule has 0 bridgehead atoms. The molecule has 8 heteroatoms. The van der Waals surface area contributed by atoms with Gasteiger partial charge in [-0.2, -0.15) is 10.1 Å². The number of hydrogen-bond acceptors (Lipinski definition) is 5. The Balaban J connectivity index is 1.60. The van der Waals surface area contributed by atoms with Crippen molar-refractivity contribution < 1.29 is 9.18 Å². The summed E-state index contributed by atoms with van der Waals surface area (Å²) in [7, 11) is 0. The summed E-state index contributed by atoms with van der Waals surface area (Å²) in [6.07, 6.45) is 7.99. The van der Waals surface area contributed by atoms with E-state index in [0.29, 0.717) is 11.9 Å². The Morgan fingerprint density at radius 2 is 1.94 bits per heavy atom. The van der Waals surface area contributed by atoms with Crippen LogP contribution in [-0.2, 0) is 11.3 Å². The van der Waals surface area contributed by atoms with E-state index in [9.17, 15) is 9.18 Å². The van der Waals surface area contributed by atoms with Gasteiger partial charge in [0.2, 0.25) is 11.9 Å². The normalized spacial score (nSPS) is 18.6. The third-order valence-corrected chi connectivity index (χ3v) is 6.11. The minimum Gasteiger partial charge on any atom is -0.354 e. The molecule has 2 aromatic heterocycles. The molecular formula is C24H31FN6O. The predicted molar refractivity (Wildman–Crippen MR) is 124 cm³/mol. The van der Waals surface area contributed by atoms with Crippen molar-refractivity contribution in [1.82, 2.24) is 25.1 Å². The van der Waals surface area contributed by atoms with Crippen LogP contribution < -0.4 is 10.6 Å². The molecule has 1 amide bonds. The van der Waals surface area contributed by atoms with Crippen LogP contribution in [0.5, 0.6) is 0 Å². The fraction of sp³-hybridized carbons (Fsp3) is 0.500. The molecule has 1 saturated carbocycles. The van der Waals surface area contributed by atoms with Gasteiger partial charge in [0.25, 0.3) is 0 Å². The van der Waals surface area contributed by atoms with E-state index in [4.69, 9.17) is 10.1 Å². The van der Waals surface area contributed by atoms with Crippen LogP contribution in [0.2, 0.25) is 0 Å². The van der Waals surface area contributed by atoms with Crippen molar-refractivity contribution in [3.05, 3.63) is 36.3 Å². The number of rotatable bonds is 8. The summed E-state index contributed by atoms with van der Waals surface area (Å²) in [5, 5.41) is 12.1. The second kappa shape index (κ2) is 10.1. The Kier molecular flexibility index (Phi) is 6.97. The van der Waals surface area contributed by atoms with Gasteiger partial charge in [-0.15, -0.1) is 0 Å². The third kappa shape index (κ3) is 5.23. The number of carbonyl (C=O) groups excluding carboxylic acids is 1. The zero-order valence-corrected chi connectivity index (χ0v) is 18.8. The lowest BCUT2D eigenvalue weighted by Gasteiger charge is -2.28. The van der Waals surface area contributed by atoms with E-state index in [-0.39, 0.29) is 17.8 Å². The van der Waals surface area contributed by atoms with Crippen LogP contribution in [-0.4, -0.2) is 38.2 Å². The molecule has 4 rings (SSSR count). The number of halogens is 1. The SMILES string of the molecule is CCCCNc1ncc2c(-c3ccc(F)cc3)nn(C[C@H]3CC[C@H](NC(C)=O)CC3)c2n1. The van der Waals surface area contributed by atoms with Gasteiger partial charge in [-0.3, -0.25) is 4.79 Å². The van der Waals surface area contributed by atoms with Crippen molar-refractivity contribution in [3.63, 3.8) is 0 Å². The van der Waals surface area contributed by atoms with Crippen molar-refractivity contribution in [3.8, 4) is 11.3 Å². The lowest BCUT2D eigenvalue weighted by Crippen LogP contribution is -2.36. The Labute approximate surface area is 187 Å². The largest absolute Gasteiger partial charge is 0.354 e. The Hall–Kier alpha value is -3.03. The van der Waals surface area contributed by atoms with Gasteiger partial charge in [0, 0.05) is 37.8 Å². The number of hydrogen-bond donors (Lipinski definition) is 2. The summed E-state index contributed by atoms with van der Waals surface area (Å²) in [5.74, 6) is 0.838. The summed E-state index contributed by atoms with van der Waals surface area (Å²) in [4.78, 5) is 20.6. The molecule has 0 radical (unpaired) electrons. The minimum absolute atomic E-state index is 0.0373. The first-order valence-electron chi connectivity index (χ1n) is 11.5. The van der Waals surface area contributed by atoms with Gasteiger partial charge in [0.05, 0.1) is 5.39 Å². The molecule has 1 aliphatic carbocycles. The van der Waals surface area contributed by atoms with Crippen LogP contribution in [0.3, 0.4) is 0 Å². The molecular weight excluding hydrogens is 407 g/mol. The van der Waals surface area contributed by atoms with Crippen molar-refractivity contribution in [1.29, 1.82) is 0 Å². The molecule has 0 spiro atoms. The van der Waals surface area contributed by atoms with E-state index >= 15 is 0 Å². The molecule has 2 N–H and O–H groups in total. The molecule has 1 aliphatic rings. The number of nitrogens with one attached hydrogen (secondary N) is 2. The molecule has 0 aliphatic heterocycles. The standard InChI is InChI=1S/C24H31FN6O/c1-3-4-13-26-24-27-14-21-22(18-7-9-19(25)10-8-18)30-31(23(21)29-24)15-17-5-11-20(12-6-17)28-16(2)32/h7-10,14,17,20H,3-6,11-13,15H2,1-2H3,(H,28,32)(H,26,27,29)/t17-,20-. The number of nitrogens with zero attached hydrogens (tertiary/aromatic N) is 4. The van der Waals surface area contributed by atoms with E-state index in [1.165, 1.54) is 12.1 Å². The number of benzene rings is 1. The quantitative estimate of drug-likeness (QED) is 0.505. The molecule has 2 heterocycles. The second-order valence-corrected chi connectivity index (χ2v) is 8.67. The monoisotopic (exact) mass is 438 g/mol. The van der Waals surface area contributed by atoms with Crippen molar-refractivity contribution in [2.45, 2.75) is 65.0 Å². The Morgan fingerprint density at radius 1 is 1.19 bits per heavy atom. The van der Waals surface area contributed by atoms with Gasteiger partial charge in [-0.05, 0) is 62.3 Å². The van der Waals surface area contributed by atoms with Crippen LogP contribution in [0.15, 0.2) is 30.5 Å². The zero-order valence-electron chi connectivity index (χ0n) is 18.8. The maximum Gasteiger partial charge on any atom is 0.224 e. The molecule has 0 saturated heterocycles. The summed E-state index contributed by atoms with van der Waals surface area (Å²) in [5.41, 5.74) is 2.41. The van der Waals surface area contributed by atoms with Crippen LogP contribution >= 0.6 is 0 Å². The van der Waals surface area contributed by atoms with E-state index < -0.39 is 0 Å². The topological polar surface area (TPSA) is 84.7 Å². The number of carbonyl (C=O) groups is 1. The Morgan fingerprint density at radius 3 is 2.62 bits per heavy atom. The lowest BCUT2D eigenvalue weighted by molar-refractivity contribution is -0.119. The van der Waals surface area contributed by atoms with Gasteiger partial charge >= 0.3 is 0 Å². The average Bonchev–Trinajstić information content (AvgIpc) is 3.13. The summed E-state index contributed by atoms with van der Waals surface area (Å²) in [6.45, 7) is 5.31. The predicted octanol–water partition coefficient (Wildman–Crippen LogP) is 4.54. The van der Waals surface area contributed by atoms with Gasteiger partial charge in [-0.25, -0.2) is 14.1 Å². The zero-order chi connectivity index (χ0) is 22.5. The number of aromatic nitrogens is 4. The fourth-order valence-electron chi connectivity index (χ4n) is 4.39. The van der Waals surface area contributed by atoms with Crippen molar-refractivity contribution in [2.75, 3.05) is 11.9 Å². The first-order valence-corrected chi connectivity index (χ1v) is 11.5. The summed E-state index contributed by atoms with van der Waals surface area (Å²) >= 11 is 0. The minimum atomic E-state index is -0.271. The highest BCUT2D eigenvalue weighted by atomic mass is 19.1. The summed E-state index contributed by atoms with van der Waals surface area (Å²) < 4.78 is 15.4. The van der Waals surface area contributed by atoms with Gasteiger partial charge in [-0.1, -0.05) is 13.3 Å². The molecule has 3 aromatic rings. The maximum atomic E-state index is 13.5. The average molecular weight is 439 g/mol. The van der Waals surface area contributed by atoms with Crippen LogP contribution in [0.1, 0.15) is 52.4 Å². The molecule has 0 unspecified atom stereocenters. The second-order valence-electron chi connectivity index (χ2n) is 8.67. The number of unbranched alkanes of at least 4 members (excludes halogenated alkanes) is 1. The molecule has 1 aromatic carbocycles.